The molecule has 0 fully saturated rings. The average Bonchev–Trinajstić information content (AvgIpc) is 2.65. The zero-order valence-corrected chi connectivity index (χ0v) is 22.7. The molecule has 12 heteroatoms. The van der Waals surface area contributed by atoms with Crippen molar-refractivity contribution in [1.29, 1.82) is 0 Å². The number of rotatable bonds is 16. The molecule has 9 nitrogen and oxygen atoms in total. The SMILES string of the molecule is CCC(C)(COCOCCSCC(C)C(=O)OCCCS(=O)(=O)[O-])C(=O)OC.[K+]. The van der Waals surface area contributed by atoms with Crippen molar-refractivity contribution in [2.75, 3.05) is 51.0 Å². The molecule has 0 saturated carbocycles. The zero-order valence-electron chi connectivity index (χ0n) is 17.9. The predicted octanol–water partition coefficient (Wildman–Crippen LogP) is -1.58. The standard InChI is InChI=1S/C17H32O9S2.K/c1-5-17(3,16(19)23-4)12-25-13-24-8-9-27-11-14(2)15(18)26-7-6-10-28(20,21)22;/h14H,5-13H2,1-4H3,(H,20,21,22);/q;+1/p-1. The number of carbonyl (C=O) groups is 2. The second-order valence-corrected chi connectivity index (χ2v) is 9.21. The minimum absolute atomic E-state index is 0. The van der Waals surface area contributed by atoms with Crippen LogP contribution in [0.2, 0.25) is 0 Å². The Hall–Kier alpha value is 0.756. The van der Waals surface area contributed by atoms with Gasteiger partial charge in [0.1, 0.15) is 6.79 Å². The maximum atomic E-state index is 11.7. The van der Waals surface area contributed by atoms with Crippen molar-refractivity contribution >= 4 is 33.8 Å². The number of esters is 2. The van der Waals surface area contributed by atoms with Gasteiger partial charge in [-0.2, -0.15) is 11.8 Å². The quantitative estimate of drug-likeness (QED) is 0.0835. The summed E-state index contributed by atoms with van der Waals surface area (Å²) in [5.74, 6) is -0.463. The van der Waals surface area contributed by atoms with Gasteiger partial charge in [0.25, 0.3) is 0 Å². The third-order valence-corrected chi connectivity index (χ3v) is 5.95. The molecular formula is C17H31KO9S2. The Labute approximate surface area is 220 Å². The van der Waals surface area contributed by atoms with Gasteiger partial charge in [0, 0.05) is 17.3 Å². The average molecular weight is 483 g/mol. The Morgan fingerprint density at radius 1 is 1.21 bits per heavy atom. The fourth-order valence-electron chi connectivity index (χ4n) is 1.93. The summed E-state index contributed by atoms with van der Waals surface area (Å²) in [5, 5.41) is 0. The number of hydrogen-bond donors (Lipinski definition) is 0. The normalized spacial score (nSPS) is 14.4. The van der Waals surface area contributed by atoms with Crippen LogP contribution in [0.15, 0.2) is 0 Å². The third kappa shape index (κ3) is 16.1. The molecule has 0 saturated heterocycles. The summed E-state index contributed by atoms with van der Waals surface area (Å²) in [6.45, 7) is 5.98. The van der Waals surface area contributed by atoms with E-state index in [0.29, 0.717) is 24.5 Å². The van der Waals surface area contributed by atoms with Crippen LogP contribution in [0.25, 0.3) is 0 Å². The van der Waals surface area contributed by atoms with Crippen LogP contribution in [0.4, 0.5) is 0 Å². The second-order valence-electron chi connectivity index (χ2n) is 6.54. The summed E-state index contributed by atoms with van der Waals surface area (Å²) in [7, 11) is -2.93. The van der Waals surface area contributed by atoms with Crippen molar-refractivity contribution in [3.05, 3.63) is 0 Å². The fourth-order valence-corrected chi connectivity index (χ4v) is 3.30. The molecule has 0 aromatic heterocycles. The summed E-state index contributed by atoms with van der Waals surface area (Å²) in [5.41, 5.74) is -0.694. The molecule has 0 aromatic carbocycles. The first kappa shape index (κ1) is 31.9. The first-order valence-corrected chi connectivity index (χ1v) is 11.7. The van der Waals surface area contributed by atoms with Gasteiger partial charge in [-0.3, -0.25) is 9.59 Å². The summed E-state index contributed by atoms with van der Waals surface area (Å²) < 4.78 is 51.8. The van der Waals surface area contributed by atoms with E-state index >= 15 is 0 Å². The molecule has 0 aromatic rings. The summed E-state index contributed by atoms with van der Waals surface area (Å²) >= 11 is 1.51. The van der Waals surface area contributed by atoms with E-state index in [9.17, 15) is 22.6 Å². The van der Waals surface area contributed by atoms with Gasteiger partial charge in [-0.25, -0.2) is 8.42 Å². The van der Waals surface area contributed by atoms with Crippen molar-refractivity contribution < 1.29 is 92.9 Å². The molecule has 0 N–H and O–H groups in total. The van der Waals surface area contributed by atoms with Crippen molar-refractivity contribution in [3.63, 3.8) is 0 Å². The van der Waals surface area contributed by atoms with E-state index in [1.807, 2.05) is 6.92 Å². The van der Waals surface area contributed by atoms with E-state index in [1.54, 1.807) is 13.8 Å². The number of ether oxygens (including phenoxy) is 4. The summed E-state index contributed by atoms with van der Waals surface area (Å²) in [6, 6.07) is 0. The summed E-state index contributed by atoms with van der Waals surface area (Å²) in [4.78, 5) is 23.4. The molecule has 0 amide bonds. The van der Waals surface area contributed by atoms with Crippen molar-refractivity contribution in [1.82, 2.24) is 0 Å². The molecule has 0 rings (SSSR count). The largest absolute Gasteiger partial charge is 1.00 e. The predicted molar refractivity (Wildman–Crippen MR) is 104 cm³/mol. The Morgan fingerprint density at radius 3 is 2.41 bits per heavy atom. The van der Waals surface area contributed by atoms with Gasteiger partial charge < -0.3 is 23.5 Å². The van der Waals surface area contributed by atoms with Crippen LogP contribution in [-0.2, 0) is 38.7 Å². The van der Waals surface area contributed by atoms with Gasteiger partial charge >= 0.3 is 63.3 Å². The first-order chi connectivity index (χ1) is 13.1. The van der Waals surface area contributed by atoms with Gasteiger partial charge in [-0.15, -0.1) is 0 Å². The maximum Gasteiger partial charge on any atom is 1.00 e. The molecule has 0 bridgehead atoms. The Morgan fingerprint density at radius 2 is 1.86 bits per heavy atom. The van der Waals surface area contributed by atoms with Gasteiger partial charge in [0.15, 0.2) is 0 Å². The van der Waals surface area contributed by atoms with E-state index < -0.39 is 27.3 Å². The molecule has 0 radical (unpaired) electrons. The third-order valence-electron chi connectivity index (χ3n) is 3.97. The Kier molecular flexibility index (Phi) is 19.1. The minimum Gasteiger partial charge on any atom is -0.748 e. The molecule has 0 heterocycles. The van der Waals surface area contributed by atoms with Crippen LogP contribution in [-0.4, -0.2) is 75.9 Å². The Balaban J connectivity index is 0. The smallest absolute Gasteiger partial charge is 0.748 e. The minimum atomic E-state index is -4.28. The van der Waals surface area contributed by atoms with Crippen LogP contribution in [0, 0.1) is 11.3 Å². The molecule has 0 spiro atoms. The maximum absolute atomic E-state index is 11.7. The van der Waals surface area contributed by atoms with Crippen molar-refractivity contribution in [2.45, 2.75) is 33.6 Å². The molecule has 166 valence electrons. The number of methoxy groups -OCH3 is 1. The van der Waals surface area contributed by atoms with E-state index in [-0.39, 0.29) is 89.7 Å². The van der Waals surface area contributed by atoms with Gasteiger partial charge in [0.05, 0.1) is 48.4 Å². The fraction of sp³-hybridized carbons (Fsp3) is 0.882. The zero-order chi connectivity index (χ0) is 21.6. The van der Waals surface area contributed by atoms with Crippen LogP contribution in [0.3, 0.4) is 0 Å². The van der Waals surface area contributed by atoms with Crippen LogP contribution in [0.1, 0.15) is 33.6 Å². The van der Waals surface area contributed by atoms with Crippen LogP contribution >= 0.6 is 11.8 Å². The van der Waals surface area contributed by atoms with E-state index in [2.05, 4.69) is 0 Å². The van der Waals surface area contributed by atoms with E-state index in [4.69, 9.17) is 18.9 Å². The molecular weight excluding hydrogens is 451 g/mol. The number of thioether (sulfide) groups is 1. The van der Waals surface area contributed by atoms with E-state index in [1.165, 1.54) is 18.9 Å². The Bertz CT molecular complexity index is 571. The van der Waals surface area contributed by atoms with Crippen molar-refractivity contribution in [3.8, 4) is 0 Å². The second kappa shape index (κ2) is 17.3. The topological polar surface area (TPSA) is 128 Å². The molecule has 29 heavy (non-hydrogen) atoms. The van der Waals surface area contributed by atoms with Crippen LogP contribution in [0.5, 0.6) is 0 Å². The van der Waals surface area contributed by atoms with Gasteiger partial charge in [0.2, 0.25) is 0 Å². The molecule has 0 aliphatic rings. The molecule has 0 aliphatic carbocycles. The monoisotopic (exact) mass is 482 g/mol. The molecule has 0 aliphatic heterocycles. The van der Waals surface area contributed by atoms with Crippen LogP contribution < -0.4 is 51.4 Å². The van der Waals surface area contributed by atoms with Gasteiger partial charge in [-0.1, -0.05) is 13.8 Å². The number of hydrogen-bond acceptors (Lipinski definition) is 10. The first-order valence-electron chi connectivity index (χ1n) is 8.97. The summed E-state index contributed by atoms with van der Waals surface area (Å²) in [6.07, 6.45) is 0.592. The molecule has 2 unspecified atom stereocenters. The van der Waals surface area contributed by atoms with E-state index in [0.717, 1.165) is 0 Å². The van der Waals surface area contributed by atoms with Gasteiger partial charge in [-0.05, 0) is 19.8 Å². The number of carbonyl (C=O) groups excluding carboxylic acids is 2. The van der Waals surface area contributed by atoms with Crippen molar-refractivity contribution in [2.24, 2.45) is 11.3 Å². The molecule has 2 atom stereocenters.